The zero-order valence-corrected chi connectivity index (χ0v) is 49.9. The molecule has 0 aliphatic rings. The van der Waals surface area contributed by atoms with E-state index < -0.39 is 26.5 Å². The van der Waals surface area contributed by atoms with Crippen LogP contribution in [0.1, 0.15) is 251 Å². The number of nitrogens with zero attached hydrogens (tertiary/aromatic N) is 1. The summed E-state index contributed by atoms with van der Waals surface area (Å²) in [5.41, 5.74) is 0. The molecule has 2 unspecified atom stereocenters. The van der Waals surface area contributed by atoms with Gasteiger partial charge >= 0.3 is 19.8 Å². The van der Waals surface area contributed by atoms with Gasteiger partial charge in [-0.05, 0) is 96.3 Å². The fourth-order valence-corrected chi connectivity index (χ4v) is 8.91. The van der Waals surface area contributed by atoms with Crippen LogP contribution in [-0.2, 0) is 32.7 Å². The van der Waals surface area contributed by atoms with Gasteiger partial charge < -0.3 is 18.9 Å². The van der Waals surface area contributed by atoms with Gasteiger partial charge in [-0.25, -0.2) is 4.57 Å². The van der Waals surface area contributed by atoms with Crippen molar-refractivity contribution >= 4 is 19.8 Å². The van der Waals surface area contributed by atoms with Crippen molar-refractivity contribution in [2.75, 3.05) is 47.5 Å². The normalized spacial score (nSPS) is 13.9. The van der Waals surface area contributed by atoms with E-state index in [1.807, 2.05) is 21.1 Å². The Morgan fingerprint density at radius 1 is 0.427 bits per heavy atom. The molecule has 0 aliphatic heterocycles. The predicted molar refractivity (Wildman–Crippen MR) is 321 cm³/mol. The number of phosphoric acid groups is 1. The third-order valence-electron chi connectivity index (χ3n) is 12.8. The average molecular weight is 1070 g/mol. The Labute approximate surface area is 462 Å². The Kier molecular flexibility index (Phi) is 53.4. The second-order valence-electron chi connectivity index (χ2n) is 21.4. The van der Waals surface area contributed by atoms with Crippen molar-refractivity contribution in [1.82, 2.24) is 0 Å². The monoisotopic (exact) mass is 1070 g/mol. The molecule has 0 heterocycles. The minimum atomic E-state index is -4.39. The van der Waals surface area contributed by atoms with Gasteiger partial charge in [0.15, 0.2) is 6.10 Å². The molecule has 9 nitrogen and oxygen atoms in total. The first-order chi connectivity index (χ1) is 36.5. The lowest BCUT2D eigenvalue weighted by atomic mass is 10.0. The Morgan fingerprint density at radius 3 is 1.15 bits per heavy atom. The number of rotatable bonds is 55. The van der Waals surface area contributed by atoms with E-state index in [1.165, 1.54) is 116 Å². The highest BCUT2D eigenvalue weighted by Crippen LogP contribution is 2.43. The van der Waals surface area contributed by atoms with Gasteiger partial charge in [0, 0.05) is 12.8 Å². The van der Waals surface area contributed by atoms with Crippen LogP contribution in [0.15, 0.2) is 97.2 Å². The first-order valence-corrected chi connectivity index (χ1v) is 32.0. The molecule has 0 saturated heterocycles. The Bertz CT molecular complexity index is 1590. The standard InChI is InChI=1S/C65H114NO8P/c1-6-8-10-12-14-16-18-20-22-24-25-26-27-28-29-30-31-32-33-34-35-36-37-38-39-40-41-42-44-46-48-50-52-54-56-58-65(68)74-63(62-73-75(69,70)72-60-59-66(3,4)5)61-71-64(67)57-55-53-51-49-47-45-43-23-21-19-17-15-13-11-9-7-2/h8,10,14,16,20,22-23,25-26,28-29,31-32,34-35,43,63H,6-7,9,11-13,15,17-19,21,24,27,30,33,36-42,44-62H2,1-5H3/p+1/b10-8-,16-14-,22-20-,26-25-,29-28-,32-31-,35-34-,43-23-. The van der Waals surface area contributed by atoms with Gasteiger partial charge in [-0.15, -0.1) is 0 Å². The summed E-state index contributed by atoms with van der Waals surface area (Å²) in [6, 6.07) is 0. The number of carbonyl (C=O) groups is 2. The smallest absolute Gasteiger partial charge is 0.462 e. The van der Waals surface area contributed by atoms with Crippen molar-refractivity contribution in [3.05, 3.63) is 97.2 Å². The summed E-state index contributed by atoms with van der Waals surface area (Å²) in [6.45, 7) is 4.31. The summed E-state index contributed by atoms with van der Waals surface area (Å²) < 4.78 is 34.6. The van der Waals surface area contributed by atoms with Gasteiger partial charge in [0.05, 0.1) is 27.7 Å². The van der Waals surface area contributed by atoms with Crippen LogP contribution in [0, 0.1) is 0 Å². The summed E-state index contributed by atoms with van der Waals surface area (Å²) in [7, 11) is 1.47. The van der Waals surface area contributed by atoms with Crippen LogP contribution >= 0.6 is 7.82 Å². The zero-order valence-electron chi connectivity index (χ0n) is 49.0. The first-order valence-electron chi connectivity index (χ1n) is 30.5. The van der Waals surface area contributed by atoms with Gasteiger partial charge in [0.25, 0.3) is 0 Å². The third kappa shape index (κ3) is 60.0. The first kappa shape index (κ1) is 71.9. The van der Waals surface area contributed by atoms with Crippen LogP contribution < -0.4 is 0 Å². The number of ether oxygens (including phenoxy) is 2. The molecular formula is C65H115NO8P+. The second kappa shape index (κ2) is 55.7. The summed E-state index contributed by atoms with van der Waals surface area (Å²) >= 11 is 0. The molecule has 0 radical (unpaired) electrons. The molecule has 0 amide bonds. The number of carbonyl (C=O) groups excluding carboxylic acids is 2. The van der Waals surface area contributed by atoms with E-state index in [0.717, 1.165) is 103 Å². The Morgan fingerprint density at radius 2 is 0.760 bits per heavy atom. The molecule has 0 aromatic carbocycles. The third-order valence-corrected chi connectivity index (χ3v) is 13.8. The second-order valence-corrected chi connectivity index (χ2v) is 22.8. The minimum absolute atomic E-state index is 0.0273. The molecule has 0 saturated carbocycles. The van der Waals surface area contributed by atoms with Gasteiger partial charge in [0.2, 0.25) is 0 Å². The zero-order chi connectivity index (χ0) is 54.9. The summed E-state index contributed by atoms with van der Waals surface area (Å²) in [5, 5.41) is 0. The van der Waals surface area contributed by atoms with E-state index in [0.29, 0.717) is 17.4 Å². The molecule has 0 spiro atoms. The van der Waals surface area contributed by atoms with Crippen molar-refractivity contribution in [3.8, 4) is 0 Å². The van der Waals surface area contributed by atoms with Crippen molar-refractivity contribution in [2.45, 2.75) is 258 Å². The van der Waals surface area contributed by atoms with E-state index in [9.17, 15) is 19.0 Å². The lowest BCUT2D eigenvalue weighted by molar-refractivity contribution is -0.870. The number of likely N-dealkylation sites (N-methyl/N-ethyl adjacent to an activating group) is 1. The van der Waals surface area contributed by atoms with Crippen molar-refractivity contribution in [1.29, 1.82) is 0 Å². The van der Waals surface area contributed by atoms with Crippen LogP contribution in [0.4, 0.5) is 0 Å². The number of hydrogen-bond donors (Lipinski definition) is 1. The van der Waals surface area contributed by atoms with Gasteiger partial charge in [0.1, 0.15) is 19.8 Å². The van der Waals surface area contributed by atoms with Crippen molar-refractivity contribution in [2.24, 2.45) is 0 Å². The highest BCUT2D eigenvalue weighted by Gasteiger charge is 2.27. The Hall–Kier alpha value is -3.07. The van der Waals surface area contributed by atoms with E-state index in [2.05, 4.69) is 111 Å². The molecule has 0 aromatic rings. The number of unbranched alkanes of at least 4 members (excludes halogenated alkanes) is 25. The fraction of sp³-hybridized carbons (Fsp3) is 0.723. The van der Waals surface area contributed by atoms with Crippen LogP contribution in [0.5, 0.6) is 0 Å². The summed E-state index contributed by atoms with van der Waals surface area (Å²) in [5.74, 6) is -0.807. The van der Waals surface area contributed by atoms with Crippen LogP contribution in [-0.4, -0.2) is 74.9 Å². The van der Waals surface area contributed by atoms with Crippen molar-refractivity contribution < 1.29 is 42.1 Å². The average Bonchev–Trinajstić information content (AvgIpc) is 3.37. The van der Waals surface area contributed by atoms with Gasteiger partial charge in [-0.1, -0.05) is 239 Å². The highest BCUT2D eigenvalue weighted by atomic mass is 31.2. The fourth-order valence-electron chi connectivity index (χ4n) is 8.17. The van der Waals surface area contributed by atoms with E-state index in [1.54, 1.807) is 0 Å². The van der Waals surface area contributed by atoms with Crippen LogP contribution in [0.3, 0.4) is 0 Å². The molecular weight excluding hydrogens is 954 g/mol. The van der Waals surface area contributed by atoms with Gasteiger partial charge in [-0.3, -0.25) is 18.6 Å². The molecule has 432 valence electrons. The molecule has 10 heteroatoms. The number of phosphoric ester groups is 1. The molecule has 0 bridgehead atoms. The lowest BCUT2D eigenvalue weighted by Crippen LogP contribution is -2.37. The lowest BCUT2D eigenvalue weighted by Gasteiger charge is -2.24. The maximum Gasteiger partial charge on any atom is 0.472 e. The number of esters is 2. The van der Waals surface area contributed by atoms with Crippen LogP contribution in [0.25, 0.3) is 0 Å². The van der Waals surface area contributed by atoms with E-state index in [-0.39, 0.29) is 32.0 Å². The molecule has 2 atom stereocenters. The summed E-state index contributed by atoms with van der Waals surface area (Å²) in [6.07, 6.45) is 76.3. The predicted octanol–water partition coefficient (Wildman–Crippen LogP) is 19.2. The molecule has 0 rings (SSSR count). The quantitative estimate of drug-likeness (QED) is 0.0211. The molecule has 0 aliphatic carbocycles. The topological polar surface area (TPSA) is 108 Å². The molecule has 75 heavy (non-hydrogen) atoms. The Balaban J connectivity index is 4.09. The number of quaternary nitrogens is 1. The van der Waals surface area contributed by atoms with Crippen molar-refractivity contribution in [3.63, 3.8) is 0 Å². The maximum absolute atomic E-state index is 12.8. The maximum atomic E-state index is 12.8. The number of hydrogen-bond acceptors (Lipinski definition) is 7. The van der Waals surface area contributed by atoms with Gasteiger partial charge in [-0.2, -0.15) is 0 Å². The van der Waals surface area contributed by atoms with E-state index >= 15 is 0 Å². The summed E-state index contributed by atoms with van der Waals surface area (Å²) in [4.78, 5) is 35.7. The van der Waals surface area contributed by atoms with E-state index in [4.69, 9.17) is 18.5 Å². The highest BCUT2D eigenvalue weighted by molar-refractivity contribution is 7.47. The largest absolute Gasteiger partial charge is 0.472 e. The molecule has 0 fully saturated rings. The number of allylic oxidation sites excluding steroid dienone is 16. The molecule has 1 N–H and O–H groups in total. The molecule has 0 aromatic heterocycles. The minimum Gasteiger partial charge on any atom is -0.462 e. The van der Waals surface area contributed by atoms with Crippen LogP contribution in [0.2, 0.25) is 0 Å². The SMILES string of the molecule is CC/C=C\C/C=C\C/C=C\C/C=C\C/C=C\C/C=C\C/C=C\CCCCCCCCCCCCCCCC(=O)OC(COC(=O)CCCCCCC/C=C\CCCCCCCCC)COP(=O)(O)OCC[N+](C)(C)C.